The van der Waals surface area contributed by atoms with Gasteiger partial charge in [0.25, 0.3) is 0 Å². The van der Waals surface area contributed by atoms with Gasteiger partial charge in [0.05, 0.1) is 0 Å². The predicted octanol–water partition coefficient (Wildman–Crippen LogP) is 2.44. The number of nitrogens with two attached hydrogens (primary N) is 1. The van der Waals surface area contributed by atoms with E-state index in [1.807, 2.05) is 0 Å². The van der Waals surface area contributed by atoms with E-state index >= 15 is 0 Å². The Labute approximate surface area is 126 Å². The quantitative estimate of drug-likeness (QED) is 0.931. The van der Waals surface area contributed by atoms with E-state index in [4.69, 9.17) is 5.73 Å². The molecule has 0 saturated carbocycles. The van der Waals surface area contributed by atoms with Gasteiger partial charge in [-0.3, -0.25) is 9.59 Å². The van der Waals surface area contributed by atoms with Gasteiger partial charge in [-0.25, -0.2) is 0 Å². The SMILES string of the molecule is NC(=O)c1ccccc1C1CCN(C(=O)CC(F)(F)F)CC1. The molecule has 0 radical (unpaired) electrons. The zero-order valence-corrected chi connectivity index (χ0v) is 11.9. The summed E-state index contributed by atoms with van der Waals surface area (Å²) >= 11 is 0. The highest BCUT2D eigenvalue weighted by atomic mass is 19.4. The molecule has 0 unspecified atom stereocenters. The standard InChI is InChI=1S/C15H17F3N2O2/c16-15(17,18)9-13(21)20-7-5-10(6-8-20)11-3-1-2-4-12(11)14(19)22/h1-4,10H,5-9H2,(H2,19,22). The van der Waals surface area contributed by atoms with Crippen LogP contribution in [-0.4, -0.2) is 36.0 Å². The van der Waals surface area contributed by atoms with Crippen molar-refractivity contribution in [1.29, 1.82) is 0 Å². The monoisotopic (exact) mass is 314 g/mol. The highest BCUT2D eigenvalue weighted by Gasteiger charge is 2.35. The number of primary amides is 1. The van der Waals surface area contributed by atoms with Gasteiger partial charge in [0.2, 0.25) is 11.8 Å². The first-order valence-corrected chi connectivity index (χ1v) is 7.01. The molecule has 7 heteroatoms. The van der Waals surface area contributed by atoms with Crippen LogP contribution in [-0.2, 0) is 4.79 Å². The van der Waals surface area contributed by atoms with Crippen molar-refractivity contribution in [2.24, 2.45) is 5.73 Å². The number of rotatable bonds is 3. The number of hydrogen-bond acceptors (Lipinski definition) is 2. The first-order valence-electron chi connectivity index (χ1n) is 7.01. The number of nitrogens with zero attached hydrogens (tertiary/aromatic N) is 1. The number of hydrogen-bond donors (Lipinski definition) is 1. The van der Waals surface area contributed by atoms with Gasteiger partial charge in [-0.05, 0) is 30.4 Å². The molecule has 1 aromatic carbocycles. The lowest BCUT2D eigenvalue weighted by Gasteiger charge is -2.33. The summed E-state index contributed by atoms with van der Waals surface area (Å²) in [6, 6.07) is 6.95. The molecule has 0 aromatic heterocycles. The molecule has 22 heavy (non-hydrogen) atoms. The topological polar surface area (TPSA) is 63.4 Å². The molecule has 1 saturated heterocycles. The summed E-state index contributed by atoms with van der Waals surface area (Å²) in [6.07, 6.45) is -4.86. The molecule has 0 spiro atoms. The molecule has 2 amide bonds. The molecular formula is C15H17F3N2O2. The molecule has 1 aromatic rings. The molecule has 1 aliphatic heterocycles. The van der Waals surface area contributed by atoms with Crippen LogP contribution in [0.2, 0.25) is 0 Å². The fourth-order valence-electron chi connectivity index (χ4n) is 2.80. The lowest BCUT2D eigenvalue weighted by molar-refractivity contribution is -0.162. The lowest BCUT2D eigenvalue weighted by Crippen LogP contribution is -2.40. The normalized spacial score (nSPS) is 16.6. The van der Waals surface area contributed by atoms with E-state index in [-0.39, 0.29) is 19.0 Å². The number of alkyl halides is 3. The van der Waals surface area contributed by atoms with Gasteiger partial charge >= 0.3 is 6.18 Å². The van der Waals surface area contributed by atoms with Crippen LogP contribution < -0.4 is 5.73 Å². The fraction of sp³-hybridized carbons (Fsp3) is 0.467. The van der Waals surface area contributed by atoms with E-state index in [0.29, 0.717) is 18.4 Å². The van der Waals surface area contributed by atoms with Crippen molar-refractivity contribution in [2.75, 3.05) is 13.1 Å². The van der Waals surface area contributed by atoms with Crippen LogP contribution in [0, 0.1) is 0 Å². The summed E-state index contributed by atoms with van der Waals surface area (Å²) in [5.74, 6) is -1.39. The third kappa shape index (κ3) is 3.99. The molecular weight excluding hydrogens is 297 g/mol. The summed E-state index contributed by atoms with van der Waals surface area (Å²) in [6.45, 7) is 0.513. The minimum absolute atomic E-state index is 0.0265. The number of benzene rings is 1. The number of likely N-dealkylation sites (tertiary alicyclic amines) is 1. The van der Waals surface area contributed by atoms with Gasteiger partial charge in [0, 0.05) is 18.7 Å². The van der Waals surface area contributed by atoms with E-state index < -0.39 is 24.4 Å². The minimum Gasteiger partial charge on any atom is -0.366 e. The average molecular weight is 314 g/mol. The molecule has 1 heterocycles. The largest absolute Gasteiger partial charge is 0.397 e. The fourth-order valence-corrected chi connectivity index (χ4v) is 2.80. The van der Waals surface area contributed by atoms with Crippen molar-refractivity contribution in [3.05, 3.63) is 35.4 Å². The Morgan fingerprint density at radius 3 is 2.32 bits per heavy atom. The van der Waals surface area contributed by atoms with Crippen LogP contribution in [0.5, 0.6) is 0 Å². The molecule has 2 N–H and O–H groups in total. The van der Waals surface area contributed by atoms with Gasteiger partial charge in [-0.2, -0.15) is 13.2 Å². The summed E-state index contributed by atoms with van der Waals surface area (Å²) in [5.41, 5.74) is 6.57. The van der Waals surface area contributed by atoms with Crippen molar-refractivity contribution in [3.63, 3.8) is 0 Å². The summed E-state index contributed by atoms with van der Waals surface area (Å²) in [4.78, 5) is 24.2. The van der Waals surface area contributed by atoms with Crippen molar-refractivity contribution in [2.45, 2.75) is 31.4 Å². The number of carbonyl (C=O) groups excluding carboxylic acids is 2. The number of halogens is 3. The third-order valence-electron chi connectivity index (χ3n) is 3.87. The van der Waals surface area contributed by atoms with Gasteiger partial charge in [-0.15, -0.1) is 0 Å². The van der Waals surface area contributed by atoms with Crippen LogP contribution in [0.25, 0.3) is 0 Å². The Balaban J connectivity index is 2.01. The van der Waals surface area contributed by atoms with E-state index in [0.717, 1.165) is 5.56 Å². The first kappa shape index (κ1) is 16.3. The molecule has 1 aliphatic rings. The van der Waals surface area contributed by atoms with Crippen molar-refractivity contribution < 1.29 is 22.8 Å². The molecule has 120 valence electrons. The second-order valence-corrected chi connectivity index (χ2v) is 5.40. The molecule has 0 aliphatic carbocycles. The maximum atomic E-state index is 12.2. The van der Waals surface area contributed by atoms with Crippen LogP contribution in [0.4, 0.5) is 13.2 Å². The average Bonchev–Trinajstić information content (AvgIpc) is 2.45. The van der Waals surface area contributed by atoms with E-state index in [9.17, 15) is 22.8 Å². The number of amides is 2. The summed E-state index contributed by atoms with van der Waals surface area (Å²) in [7, 11) is 0. The summed E-state index contributed by atoms with van der Waals surface area (Å²) in [5, 5.41) is 0. The Bertz CT molecular complexity index is 564. The van der Waals surface area contributed by atoms with Crippen molar-refractivity contribution >= 4 is 11.8 Å². The zero-order valence-electron chi connectivity index (χ0n) is 11.9. The molecule has 2 rings (SSSR count). The first-order chi connectivity index (χ1) is 10.3. The highest BCUT2D eigenvalue weighted by molar-refractivity contribution is 5.94. The van der Waals surface area contributed by atoms with Crippen molar-refractivity contribution in [3.8, 4) is 0 Å². The number of piperidine rings is 1. The number of carbonyl (C=O) groups is 2. The van der Waals surface area contributed by atoms with E-state index in [1.165, 1.54) is 4.90 Å². The Morgan fingerprint density at radius 1 is 1.18 bits per heavy atom. The second kappa shape index (κ2) is 6.37. The summed E-state index contributed by atoms with van der Waals surface area (Å²) < 4.78 is 36.7. The van der Waals surface area contributed by atoms with Gasteiger partial charge < -0.3 is 10.6 Å². The Hall–Kier alpha value is -2.05. The van der Waals surface area contributed by atoms with Crippen LogP contribution in [0.1, 0.15) is 41.1 Å². The van der Waals surface area contributed by atoms with Gasteiger partial charge in [0.15, 0.2) is 0 Å². The predicted molar refractivity (Wildman–Crippen MR) is 74.2 cm³/mol. The Morgan fingerprint density at radius 2 is 1.77 bits per heavy atom. The molecule has 0 atom stereocenters. The van der Waals surface area contributed by atoms with Gasteiger partial charge in [-0.1, -0.05) is 18.2 Å². The molecule has 0 bridgehead atoms. The molecule has 4 nitrogen and oxygen atoms in total. The highest BCUT2D eigenvalue weighted by Crippen LogP contribution is 2.31. The zero-order chi connectivity index (χ0) is 16.3. The maximum Gasteiger partial charge on any atom is 0.397 e. The maximum absolute atomic E-state index is 12.2. The van der Waals surface area contributed by atoms with Gasteiger partial charge in [0.1, 0.15) is 6.42 Å². The van der Waals surface area contributed by atoms with E-state index in [2.05, 4.69) is 0 Å². The van der Waals surface area contributed by atoms with Crippen molar-refractivity contribution in [1.82, 2.24) is 4.90 Å². The lowest BCUT2D eigenvalue weighted by atomic mass is 9.86. The van der Waals surface area contributed by atoms with Crippen LogP contribution in [0.15, 0.2) is 24.3 Å². The smallest absolute Gasteiger partial charge is 0.366 e. The Kier molecular flexibility index (Phi) is 4.73. The van der Waals surface area contributed by atoms with Crippen LogP contribution in [0.3, 0.4) is 0 Å². The minimum atomic E-state index is -4.48. The van der Waals surface area contributed by atoms with Crippen LogP contribution >= 0.6 is 0 Å². The van der Waals surface area contributed by atoms with E-state index in [1.54, 1.807) is 24.3 Å². The third-order valence-corrected chi connectivity index (χ3v) is 3.87. The molecule has 1 fully saturated rings. The second-order valence-electron chi connectivity index (χ2n) is 5.40.